The van der Waals surface area contributed by atoms with Crippen molar-refractivity contribution in [2.45, 2.75) is 102 Å². The Hall–Kier alpha value is -1.92. The highest BCUT2D eigenvalue weighted by Gasteiger charge is 2.41. The summed E-state index contributed by atoms with van der Waals surface area (Å²) in [4.78, 5) is 14.2. The van der Waals surface area contributed by atoms with Crippen LogP contribution in [0.1, 0.15) is 89.3 Å². The van der Waals surface area contributed by atoms with E-state index in [-0.39, 0.29) is 22.7 Å². The van der Waals surface area contributed by atoms with Gasteiger partial charge in [0.2, 0.25) is 0 Å². The third-order valence-corrected chi connectivity index (χ3v) is 7.13. The van der Waals surface area contributed by atoms with Crippen molar-refractivity contribution in [2.75, 3.05) is 0 Å². The van der Waals surface area contributed by atoms with Gasteiger partial charge in [-0.25, -0.2) is 4.79 Å². The molecule has 2 rings (SSSR count). The predicted molar refractivity (Wildman–Crippen MR) is 130 cm³/mol. The van der Waals surface area contributed by atoms with Crippen LogP contribution in [0, 0.1) is 6.92 Å². The molecule has 0 aliphatic carbocycles. The van der Waals surface area contributed by atoms with Gasteiger partial charge in [-0.3, -0.25) is 0 Å². The highest BCUT2D eigenvalue weighted by Crippen LogP contribution is 2.44. The molecule has 178 valence electrons. The van der Waals surface area contributed by atoms with E-state index in [2.05, 4.69) is 27.7 Å². The highest BCUT2D eigenvalue weighted by atomic mass is 32.2. The number of aryl methyl sites for hydroxylation is 1. The van der Waals surface area contributed by atoms with Gasteiger partial charge in [0.25, 0.3) is 0 Å². The number of ether oxygens (including phenoxy) is 1. The summed E-state index contributed by atoms with van der Waals surface area (Å²) < 4.78 is 6.01. The van der Waals surface area contributed by atoms with Gasteiger partial charge in [0.05, 0.1) is 12.9 Å². The van der Waals surface area contributed by atoms with E-state index in [1.165, 1.54) is 11.8 Å². The Kier molecular flexibility index (Phi) is 9.28. The lowest BCUT2D eigenvalue weighted by Crippen LogP contribution is -2.40. The minimum absolute atomic E-state index is 0.0404. The third kappa shape index (κ3) is 6.55. The van der Waals surface area contributed by atoms with E-state index in [1.807, 2.05) is 19.1 Å². The second-order valence-corrected chi connectivity index (χ2v) is 10.7. The van der Waals surface area contributed by atoms with E-state index in [4.69, 9.17) is 9.84 Å². The molecule has 1 aromatic carbocycles. The Bertz CT molecular complexity index is 866. The van der Waals surface area contributed by atoms with E-state index in [0.717, 1.165) is 47.1 Å². The third-order valence-electron chi connectivity index (χ3n) is 5.97. The van der Waals surface area contributed by atoms with Gasteiger partial charge in [-0.05, 0) is 67.2 Å². The summed E-state index contributed by atoms with van der Waals surface area (Å²) in [5.74, 6) is -0.389. The molecule has 0 unspecified atom stereocenters. The minimum Gasteiger partial charge on any atom is -0.516 e. The van der Waals surface area contributed by atoms with Crippen LogP contribution in [0.4, 0.5) is 0 Å². The SMILES string of the molecule is CCCC[C@@]1(CCC/C=C/O)CC(O)=C(Sc2cc(C)c(CO)cc2C(C)(C)C)C(=O)O1. The van der Waals surface area contributed by atoms with Crippen LogP contribution in [0.25, 0.3) is 0 Å². The summed E-state index contributed by atoms with van der Waals surface area (Å²) in [7, 11) is 0. The van der Waals surface area contributed by atoms with Crippen molar-refractivity contribution in [1.82, 2.24) is 0 Å². The molecule has 0 fully saturated rings. The van der Waals surface area contributed by atoms with Gasteiger partial charge >= 0.3 is 5.97 Å². The molecule has 1 heterocycles. The standard InChI is InChI=1S/C26H38O5S/c1-6-7-11-26(12-9-8-10-13-27)16-21(29)23(24(30)31-26)32-22-14-18(2)19(17-28)15-20(22)25(3,4)5/h10,13-15,27-29H,6-9,11-12,16-17H2,1-5H3/b13-10+/t26-/m1/s1. The van der Waals surface area contributed by atoms with E-state index in [9.17, 15) is 15.0 Å². The number of carbonyl (C=O) groups is 1. The van der Waals surface area contributed by atoms with E-state index < -0.39 is 11.6 Å². The van der Waals surface area contributed by atoms with Crippen molar-refractivity contribution in [3.63, 3.8) is 0 Å². The van der Waals surface area contributed by atoms with Gasteiger partial charge in [0.1, 0.15) is 16.3 Å². The predicted octanol–water partition coefficient (Wildman–Crippen LogP) is 6.76. The zero-order valence-electron chi connectivity index (χ0n) is 20.0. The van der Waals surface area contributed by atoms with Gasteiger partial charge in [-0.2, -0.15) is 0 Å². The first kappa shape index (κ1) is 26.3. The highest BCUT2D eigenvalue weighted by molar-refractivity contribution is 8.04. The molecule has 6 heteroatoms. The maximum Gasteiger partial charge on any atom is 0.349 e. The van der Waals surface area contributed by atoms with E-state index in [0.29, 0.717) is 25.7 Å². The fourth-order valence-electron chi connectivity index (χ4n) is 4.08. The minimum atomic E-state index is -0.700. The van der Waals surface area contributed by atoms with Gasteiger partial charge < -0.3 is 20.1 Å². The van der Waals surface area contributed by atoms with Crippen molar-refractivity contribution >= 4 is 17.7 Å². The van der Waals surface area contributed by atoms with Gasteiger partial charge in [-0.15, -0.1) is 0 Å². The number of aliphatic hydroxyl groups excluding tert-OH is 3. The first-order valence-electron chi connectivity index (χ1n) is 11.4. The van der Waals surface area contributed by atoms with Gasteiger partial charge in [0.15, 0.2) is 0 Å². The second kappa shape index (κ2) is 11.3. The number of hydrogen-bond donors (Lipinski definition) is 3. The second-order valence-electron chi connectivity index (χ2n) is 9.69. The Morgan fingerprint density at radius 2 is 1.91 bits per heavy atom. The lowest BCUT2D eigenvalue weighted by Gasteiger charge is -2.37. The van der Waals surface area contributed by atoms with Crippen molar-refractivity contribution in [1.29, 1.82) is 0 Å². The van der Waals surface area contributed by atoms with Crippen LogP contribution in [0.5, 0.6) is 0 Å². The first-order valence-corrected chi connectivity index (χ1v) is 12.3. The molecule has 1 aliphatic rings. The average Bonchev–Trinajstić information content (AvgIpc) is 2.72. The number of aliphatic hydroxyl groups is 3. The Labute approximate surface area is 196 Å². The van der Waals surface area contributed by atoms with Crippen LogP contribution in [-0.4, -0.2) is 26.9 Å². The topological polar surface area (TPSA) is 87.0 Å². The molecule has 0 radical (unpaired) electrons. The smallest absolute Gasteiger partial charge is 0.349 e. The Morgan fingerprint density at radius 1 is 1.22 bits per heavy atom. The van der Waals surface area contributed by atoms with Crippen molar-refractivity contribution in [3.05, 3.63) is 51.8 Å². The number of benzene rings is 1. The van der Waals surface area contributed by atoms with Crippen molar-refractivity contribution in [3.8, 4) is 0 Å². The maximum atomic E-state index is 13.1. The number of hydrogen-bond acceptors (Lipinski definition) is 6. The van der Waals surface area contributed by atoms with Crippen LogP contribution >= 0.6 is 11.8 Å². The Balaban J connectivity index is 2.37. The van der Waals surface area contributed by atoms with Crippen LogP contribution in [0.3, 0.4) is 0 Å². The number of allylic oxidation sites excluding steroid dienone is 1. The molecule has 0 amide bonds. The normalized spacial score (nSPS) is 19.6. The average molecular weight is 463 g/mol. The zero-order chi connectivity index (χ0) is 23.9. The summed E-state index contributed by atoms with van der Waals surface area (Å²) in [5, 5.41) is 29.5. The molecule has 0 saturated heterocycles. The van der Waals surface area contributed by atoms with Crippen LogP contribution in [-0.2, 0) is 21.6 Å². The lowest BCUT2D eigenvalue weighted by atomic mass is 9.85. The summed E-state index contributed by atoms with van der Waals surface area (Å²) in [6, 6.07) is 3.97. The van der Waals surface area contributed by atoms with Crippen molar-refractivity contribution in [2.24, 2.45) is 0 Å². The lowest BCUT2D eigenvalue weighted by molar-refractivity contribution is -0.159. The van der Waals surface area contributed by atoms with Crippen LogP contribution in [0.15, 0.2) is 40.0 Å². The summed E-state index contributed by atoms with van der Waals surface area (Å²) in [6.45, 7) is 10.3. The largest absolute Gasteiger partial charge is 0.516 e. The summed E-state index contributed by atoms with van der Waals surface area (Å²) >= 11 is 1.25. The van der Waals surface area contributed by atoms with Gasteiger partial charge in [-0.1, -0.05) is 58.0 Å². The van der Waals surface area contributed by atoms with Gasteiger partial charge in [0, 0.05) is 11.3 Å². The fraction of sp³-hybridized carbons (Fsp3) is 0.577. The summed E-state index contributed by atoms with van der Waals surface area (Å²) in [6.07, 6.45) is 7.72. The quantitative estimate of drug-likeness (QED) is 0.202. The monoisotopic (exact) mass is 462 g/mol. The van der Waals surface area contributed by atoms with Crippen molar-refractivity contribution < 1.29 is 24.9 Å². The molecule has 1 atom stereocenters. The van der Waals surface area contributed by atoms with E-state index in [1.54, 1.807) is 6.08 Å². The molecule has 0 spiro atoms. The molecule has 1 aromatic rings. The number of rotatable bonds is 10. The Morgan fingerprint density at radius 3 is 2.47 bits per heavy atom. The molecule has 5 nitrogen and oxygen atoms in total. The molecular formula is C26H38O5S. The fourth-order valence-corrected chi connectivity index (χ4v) is 5.33. The molecule has 0 aromatic heterocycles. The maximum absolute atomic E-state index is 13.1. The summed E-state index contributed by atoms with van der Waals surface area (Å²) in [5.41, 5.74) is 1.93. The number of esters is 1. The molecule has 3 N–H and O–H groups in total. The molecular weight excluding hydrogens is 424 g/mol. The number of unbranched alkanes of at least 4 members (excludes halogenated alkanes) is 2. The first-order chi connectivity index (χ1) is 15.1. The number of carbonyl (C=O) groups excluding carboxylic acids is 1. The molecule has 0 bridgehead atoms. The zero-order valence-corrected chi connectivity index (χ0v) is 20.8. The van der Waals surface area contributed by atoms with E-state index >= 15 is 0 Å². The molecule has 32 heavy (non-hydrogen) atoms. The van der Waals surface area contributed by atoms with Crippen LogP contribution in [0.2, 0.25) is 0 Å². The number of cyclic esters (lactones) is 1. The molecule has 1 aliphatic heterocycles. The number of thioether (sulfide) groups is 1. The molecule has 0 saturated carbocycles. The van der Waals surface area contributed by atoms with Crippen LogP contribution < -0.4 is 0 Å².